The first-order valence-electron chi connectivity index (χ1n) is 16.3. The van der Waals surface area contributed by atoms with Crippen molar-refractivity contribution in [1.82, 2.24) is 14.5 Å². The molecule has 1 aliphatic heterocycles. The second kappa shape index (κ2) is 11.7. The number of benzene rings is 5. The summed E-state index contributed by atoms with van der Waals surface area (Å²) in [7, 11) is -3.44. The van der Waals surface area contributed by atoms with Crippen molar-refractivity contribution in [3.8, 4) is 50.2 Å². The third-order valence-corrected chi connectivity index (χ3v) is 11.0. The van der Waals surface area contributed by atoms with Crippen molar-refractivity contribution in [1.29, 1.82) is 0 Å². The van der Waals surface area contributed by atoms with Gasteiger partial charge in [0, 0.05) is 47.0 Å². The summed E-state index contributed by atoms with van der Waals surface area (Å²) < 4.78 is 29.4. The summed E-state index contributed by atoms with van der Waals surface area (Å²) in [5, 5.41) is 2.07. The van der Waals surface area contributed by atoms with Crippen molar-refractivity contribution in [2.45, 2.75) is 11.5 Å². The molecular formula is C43H28N4O2S. The fourth-order valence-electron chi connectivity index (χ4n) is 7.26. The average Bonchev–Trinajstić information content (AvgIpc) is 3.43. The molecule has 0 saturated heterocycles. The van der Waals surface area contributed by atoms with Gasteiger partial charge in [-0.15, -0.1) is 0 Å². The van der Waals surface area contributed by atoms with Gasteiger partial charge in [0.25, 0.3) is 0 Å². The molecule has 5 aromatic carbocycles. The van der Waals surface area contributed by atoms with Crippen LogP contribution in [0, 0.1) is 6.57 Å². The van der Waals surface area contributed by atoms with Crippen LogP contribution in [-0.2, 0) is 21.3 Å². The molecule has 0 unspecified atom stereocenters. The molecular weight excluding hydrogens is 637 g/mol. The Morgan fingerprint density at radius 3 is 1.94 bits per heavy atom. The Morgan fingerprint density at radius 2 is 1.24 bits per heavy atom. The molecule has 0 fully saturated rings. The first kappa shape index (κ1) is 29.8. The Kier molecular flexibility index (Phi) is 6.94. The summed E-state index contributed by atoms with van der Waals surface area (Å²) in [6.07, 6.45) is 7.23. The normalized spacial score (nSPS) is 13.3. The van der Waals surface area contributed by atoms with Gasteiger partial charge in [0.1, 0.15) is 0 Å². The lowest BCUT2D eigenvalue weighted by Crippen LogP contribution is -2.05. The minimum atomic E-state index is -3.44. The van der Waals surface area contributed by atoms with Gasteiger partial charge in [-0.25, -0.2) is 13.3 Å². The van der Waals surface area contributed by atoms with Gasteiger partial charge in [0.05, 0.1) is 29.1 Å². The molecule has 0 aliphatic carbocycles. The largest absolute Gasteiger partial charge is 0.309 e. The van der Waals surface area contributed by atoms with E-state index >= 15 is 0 Å². The minimum Gasteiger partial charge on any atom is -0.309 e. The summed E-state index contributed by atoms with van der Waals surface area (Å²) in [5.41, 5.74) is 12.9. The molecule has 0 radical (unpaired) electrons. The lowest BCUT2D eigenvalue weighted by atomic mass is 9.90. The van der Waals surface area contributed by atoms with E-state index in [4.69, 9.17) is 6.57 Å². The maximum atomic E-state index is 13.6. The van der Waals surface area contributed by atoms with Crippen LogP contribution in [0.1, 0.15) is 11.1 Å². The van der Waals surface area contributed by atoms with Crippen molar-refractivity contribution in [3.05, 3.63) is 169 Å². The van der Waals surface area contributed by atoms with Gasteiger partial charge in [-0.3, -0.25) is 9.97 Å². The van der Waals surface area contributed by atoms with Gasteiger partial charge in [-0.1, -0.05) is 54.6 Å². The first-order valence-corrected chi connectivity index (χ1v) is 18.1. The molecule has 238 valence electrons. The number of sulfone groups is 1. The molecule has 50 heavy (non-hydrogen) atoms. The molecule has 0 amide bonds. The van der Waals surface area contributed by atoms with E-state index in [0.717, 1.165) is 83.1 Å². The van der Waals surface area contributed by atoms with E-state index in [1.54, 1.807) is 12.4 Å². The number of hydrogen-bond acceptors (Lipinski definition) is 4. The molecule has 4 heterocycles. The summed E-state index contributed by atoms with van der Waals surface area (Å²) in [6, 6.07) is 40.6. The first-order chi connectivity index (χ1) is 24.4. The van der Waals surface area contributed by atoms with Crippen LogP contribution in [0.5, 0.6) is 0 Å². The van der Waals surface area contributed by atoms with Gasteiger partial charge >= 0.3 is 0 Å². The number of rotatable bonds is 4. The third-order valence-electron chi connectivity index (χ3n) is 9.54. The van der Waals surface area contributed by atoms with Crippen LogP contribution in [0.25, 0.3) is 76.8 Å². The van der Waals surface area contributed by atoms with Crippen LogP contribution in [0.4, 0.5) is 5.69 Å². The zero-order chi connectivity index (χ0) is 33.8. The minimum absolute atomic E-state index is 0.0319. The van der Waals surface area contributed by atoms with E-state index in [9.17, 15) is 8.42 Å². The number of para-hydroxylation sites is 1. The lowest BCUT2D eigenvalue weighted by molar-refractivity contribution is 0.595. The number of aromatic nitrogens is 3. The highest BCUT2D eigenvalue weighted by Crippen LogP contribution is 2.41. The average molecular weight is 665 g/mol. The predicted molar refractivity (Wildman–Crippen MR) is 201 cm³/mol. The fraction of sp³-hybridized carbons (Fsp3) is 0.0465. The van der Waals surface area contributed by atoms with Gasteiger partial charge in [-0.2, -0.15) is 0 Å². The van der Waals surface area contributed by atoms with Crippen LogP contribution in [0.3, 0.4) is 0 Å². The fourth-order valence-corrected chi connectivity index (χ4v) is 8.80. The zero-order valence-electron chi connectivity index (χ0n) is 26.8. The van der Waals surface area contributed by atoms with Crippen LogP contribution in [-0.4, -0.2) is 23.0 Å². The van der Waals surface area contributed by atoms with E-state index in [0.29, 0.717) is 5.69 Å². The maximum Gasteiger partial charge on any atom is 0.188 e. The number of fused-ring (bicyclic) bond motifs is 6. The molecule has 9 rings (SSSR count). The Hall–Kier alpha value is -6.36. The summed E-state index contributed by atoms with van der Waals surface area (Å²) in [4.78, 5) is 12.4. The third kappa shape index (κ3) is 5.14. The topological polar surface area (TPSA) is 69.2 Å². The van der Waals surface area contributed by atoms with E-state index in [1.807, 2.05) is 85.2 Å². The van der Waals surface area contributed by atoms with Crippen molar-refractivity contribution in [3.63, 3.8) is 0 Å². The summed E-state index contributed by atoms with van der Waals surface area (Å²) in [5.74, 6) is -0.0808. The molecule has 0 N–H and O–H groups in total. The van der Waals surface area contributed by atoms with Crippen molar-refractivity contribution in [2.24, 2.45) is 0 Å². The molecule has 6 nitrogen and oxygen atoms in total. The summed E-state index contributed by atoms with van der Waals surface area (Å²) >= 11 is 0. The van der Waals surface area contributed by atoms with Crippen molar-refractivity contribution < 1.29 is 8.42 Å². The Balaban J connectivity index is 1.22. The Labute approximate surface area is 289 Å². The molecule has 0 atom stereocenters. The van der Waals surface area contributed by atoms with E-state index in [1.165, 1.54) is 0 Å². The second-order valence-corrected chi connectivity index (χ2v) is 14.8. The van der Waals surface area contributed by atoms with Crippen molar-refractivity contribution >= 4 is 37.3 Å². The zero-order valence-corrected chi connectivity index (χ0v) is 27.6. The smallest absolute Gasteiger partial charge is 0.188 e. The van der Waals surface area contributed by atoms with Gasteiger partial charge in [0.15, 0.2) is 15.5 Å². The number of hydrogen-bond donors (Lipinski definition) is 0. The van der Waals surface area contributed by atoms with Gasteiger partial charge in [-0.05, 0) is 117 Å². The Bertz CT molecular complexity index is 2730. The molecule has 0 bridgehead atoms. The quantitative estimate of drug-likeness (QED) is 0.176. The van der Waals surface area contributed by atoms with Crippen LogP contribution in [0.15, 0.2) is 146 Å². The number of pyridine rings is 2. The van der Waals surface area contributed by atoms with Crippen LogP contribution < -0.4 is 0 Å². The molecule has 3 aromatic heterocycles. The SMILES string of the molecule is [C-]#[N+]c1ccc2c(c1)c1ccccc1n2-c1ccc2c(c1)-c1ccc(-c3cc(-c4cccnc4)cc(-c4cccnc4)c3)cc1CS(=O)(=O)C2. The maximum absolute atomic E-state index is 13.6. The van der Waals surface area contributed by atoms with Crippen LogP contribution >= 0.6 is 0 Å². The highest BCUT2D eigenvalue weighted by atomic mass is 32.2. The molecule has 8 aromatic rings. The highest BCUT2D eigenvalue weighted by molar-refractivity contribution is 7.89. The second-order valence-electron chi connectivity index (χ2n) is 12.7. The van der Waals surface area contributed by atoms with E-state index < -0.39 is 9.84 Å². The highest BCUT2D eigenvalue weighted by Gasteiger charge is 2.25. The summed E-state index contributed by atoms with van der Waals surface area (Å²) in [6.45, 7) is 7.56. The molecule has 0 saturated carbocycles. The van der Waals surface area contributed by atoms with Gasteiger partial charge in [0.2, 0.25) is 0 Å². The Morgan fingerprint density at radius 1 is 0.560 bits per heavy atom. The van der Waals surface area contributed by atoms with Crippen LogP contribution in [0.2, 0.25) is 0 Å². The predicted octanol–water partition coefficient (Wildman–Crippen LogP) is 10.2. The molecule has 0 spiro atoms. The van der Waals surface area contributed by atoms with E-state index in [-0.39, 0.29) is 11.5 Å². The van der Waals surface area contributed by atoms with E-state index in [2.05, 4.69) is 67.9 Å². The lowest BCUT2D eigenvalue weighted by Gasteiger charge is -2.15. The monoisotopic (exact) mass is 664 g/mol. The van der Waals surface area contributed by atoms with Crippen molar-refractivity contribution in [2.75, 3.05) is 0 Å². The number of nitrogens with zero attached hydrogens (tertiary/aromatic N) is 4. The van der Waals surface area contributed by atoms with Gasteiger partial charge < -0.3 is 4.57 Å². The standard InChI is InChI=1S/C43H28N4O2S/c1-44-36-12-15-43-41(22-36)39-8-2-3-9-42(39)47(43)37-13-10-31-26-50(48,49)27-35-18-28(11-14-38(35)40(31)23-37)32-19-33(29-6-4-16-45-24-29)21-34(20-32)30-7-5-17-46-25-30/h2-25H,26-27H2. The molecule has 1 aliphatic rings. The molecule has 7 heteroatoms.